The largest absolute Gasteiger partial charge is 0.310 e. The van der Waals surface area contributed by atoms with Gasteiger partial charge in [-0.15, -0.1) is 0 Å². The summed E-state index contributed by atoms with van der Waals surface area (Å²) in [5.41, 5.74) is 1.87. The van der Waals surface area contributed by atoms with E-state index in [-0.39, 0.29) is 10.6 Å². The number of nitrogens with one attached hydrogen (secondary N) is 1. The van der Waals surface area contributed by atoms with E-state index in [1.165, 1.54) is 0 Å². The standard InChI is InChI=1S/C13H20N2O2S/c1-10-4-5-12(8-13(10)15(16)17)9-14-11(2)6-7-18-3/h4-5,8,11,14H,6-7,9H2,1-3H3. The first-order chi connectivity index (χ1) is 8.54. The van der Waals surface area contributed by atoms with E-state index in [0.29, 0.717) is 18.2 Å². The fraction of sp³-hybridized carbons (Fsp3) is 0.538. The van der Waals surface area contributed by atoms with Crippen molar-refractivity contribution in [2.24, 2.45) is 0 Å². The van der Waals surface area contributed by atoms with E-state index in [4.69, 9.17) is 0 Å². The lowest BCUT2D eigenvalue weighted by Gasteiger charge is -2.13. The first kappa shape index (κ1) is 15.0. The number of nitro benzene ring substituents is 1. The van der Waals surface area contributed by atoms with Crippen LogP contribution in [0.4, 0.5) is 5.69 Å². The Bertz CT molecular complexity index is 410. The first-order valence-corrected chi connectivity index (χ1v) is 7.40. The lowest BCUT2D eigenvalue weighted by Crippen LogP contribution is -2.26. The molecule has 0 amide bonds. The maximum absolute atomic E-state index is 10.8. The summed E-state index contributed by atoms with van der Waals surface area (Å²) in [4.78, 5) is 10.5. The van der Waals surface area contributed by atoms with Gasteiger partial charge in [-0.3, -0.25) is 10.1 Å². The maximum Gasteiger partial charge on any atom is 0.272 e. The van der Waals surface area contributed by atoms with Crippen LogP contribution >= 0.6 is 11.8 Å². The molecule has 1 aromatic carbocycles. The molecular formula is C13H20N2O2S. The van der Waals surface area contributed by atoms with Crippen LogP contribution in [-0.4, -0.2) is 23.0 Å². The van der Waals surface area contributed by atoms with Gasteiger partial charge in [-0.2, -0.15) is 11.8 Å². The molecule has 0 saturated carbocycles. The average molecular weight is 268 g/mol. The zero-order valence-corrected chi connectivity index (χ0v) is 11.9. The number of nitrogens with zero attached hydrogens (tertiary/aromatic N) is 1. The minimum Gasteiger partial charge on any atom is -0.310 e. The molecule has 0 spiro atoms. The van der Waals surface area contributed by atoms with Crippen molar-refractivity contribution < 1.29 is 4.92 Å². The van der Waals surface area contributed by atoms with Crippen molar-refractivity contribution in [1.29, 1.82) is 0 Å². The van der Waals surface area contributed by atoms with Crippen LogP contribution in [0.25, 0.3) is 0 Å². The molecule has 0 bridgehead atoms. The molecule has 100 valence electrons. The molecule has 0 aliphatic rings. The molecule has 4 nitrogen and oxygen atoms in total. The summed E-state index contributed by atoms with van der Waals surface area (Å²) < 4.78 is 0. The van der Waals surface area contributed by atoms with Crippen molar-refractivity contribution in [1.82, 2.24) is 5.32 Å². The third-order valence-electron chi connectivity index (χ3n) is 2.88. The Hall–Kier alpha value is -1.07. The Kier molecular flexibility index (Phi) is 6.15. The monoisotopic (exact) mass is 268 g/mol. The van der Waals surface area contributed by atoms with Gasteiger partial charge in [0.15, 0.2) is 0 Å². The van der Waals surface area contributed by atoms with Crippen LogP contribution in [0.2, 0.25) is 0 Å². The number of aryl methyl sites for hydroxylation is 1. The third kappa shape index (κ3) is 4.66. The smallest absolute Gasteiger partial charge is 0.272 e. The van der Waals surface area contributed by atoms with Crippen molar-refractivity contribution in [2.75, 3.05) is 12.0 Å². The lowest BCUT2D eigenvalue weighted by molar-refractivity contribution is -0.385. The highest BCUT2D eigenvalue weighted by Gasteiger charge is 2.11. The van der Waals surface area contributed by atoms with Crippen molar-refractivity contribution in [3.8, 4) is 0 Å². The Morgan fingerprint density at radius 3 is 2.83 bits per heavy atom. The Morgan fingerprint density at radius 2 is 2.22 bits per heavy atom. The topological polar surface area (TPSA) is 55.2 Å². The molecule has 1 rings (SSSR count). The number of hydrogen-bond acceptors (Lipinski definition) is 4. The van der Waals surface area contributed by atoms with Crippen molar-refractivity contribution in [3.05, 3.63) is 39.4 Å². The molecule has 0 aliphatic heterocycles. The number of thioether (sulfide) groups is 1. The summed E-state index contributed by atoms with van der Waals surface area (Å²) >= 11 is 1.83. The van der Waals surface area contributed by atoms with Gasteiger partial charge < -0.3 is 5.32 Å². The van der Waals surface area contributed by atoms with E-state index in [1.807, 2.05) is 23.9 Å². The molecule has 0 saturated heterocycles. The first-order valence-electron chi connectivity index (χ1n) is 6.01. The van der Waals surface area contributed by atoms with Crippen LogP contribution in [0.3, 0.4) is 0 Å². The van der Waals surface area contributed by atoms with E-state index >= 15 is 0 Å². The highest BCUT2D eigenvalue weighted by Crippen LogP contribution is 2.19. The minimum absolute atomic E-state index is 0.200. The van der Waals surface area contributed by atoms with E-state index < -0.39 is 0 Å². The van der Waals surface area contributed by atoms with Gasteiger partial charge in [0.1, 0.15) is 0 Å². The summed E-state index contributed by atoms with van der Waals surface area (Å²) in [7, 11) is 0. The Morgan fingerprint density at radius 1 is 1.50 bits per heavy atom. The molecule has 1 N–H and O–H groups in total. The summed E-state index contributed by atoms with van der Waals surface area (Å²) in [5, 5.41) is 14.2. The predicted molar refractivity (Wildman–Crippen MR) is 77.1 cm³/mol. The third-order valence-corrected chi connectivity index (χ3v) is 3.52. The van der Waals surface area contributed by atoms with Crippen LogP contribution in [0.1, 0.15) is 24.5 Å². The van der Waals surface area contributed by atoms with Gasteiger partial charge in [0.05, 0.1) is 4.92 Å². The molecule has 1 unspecified atom stereocenters. The second-order valence-electron chi connectivity index (χ2n) is 4.44. The van der Waals surface area contributed by atoms with Gasteiger partial charge in [-0.1, -0.05) is 12.1 Å². The maximum atomic E-state index is 10.8. The van der Waals surface area contributed by atoms with Crippen LogP contribution in [0.5, 0.6) is 0 Å². The fourth-order valence-electron chi connectivity index (χ4n) is 1.65. The fourth-order valence-corrected chi connectivity index (χ4v) is 2.24. The zero-order chi connectivity index (χ0) is 13.5. The number of benzene rings is 1. The summed E-state index contributed by atoms with van der Waals surface area (Å²) in [6, 6.07) is 5.83. The van der Waals surface area contributed by atoms with E-state index in [2.05, 4.69) is 18.5 Å². The molecule has 0 heterocycles. The Balaban J connectivity index is 2.57. The molecule has 1 atom stereocenters. The molecule has 5 heteroatoms. The number of hydrogen-bond donors (Lipinski definition) is 1. The van der Waals surface area contributed by atoms with Crippen LogP contribution in [0.15, 0.2) is 18.2 Å². The quantitative estimate of drug-likeness (QED) is 0.609. The highest BCUT2D eigenvalue weighted by molar-refractivity contribution is 7.98. The molecule has 1 aromatic rings. The summed E-state index contributed by atoms with van der Waals surface area (Å²) in [5.74, 6) is 1.13. The van der Waals surface area contributed by atoms with Gasteiger partial charge >= 0.3 is 0 Å². The van der Waals surface area contributed by atoms with Crippen molar-refractivity contribution in [2.45, 2.75) is 32.9 Å². The van der Waals surface area contributed by atoms with Gasteiger partial charge in [0, 0.05) is 24.2 Å². The second-order valence-corrected chi connectivity index (χ2v) is 5.43. The van der Waals surface area contributed by atoms with Gasteiger partial charge in [-0.25, -0.2) is 0 Å². The molecule has 0 aromatic heterocycles. The highest BCUT2D eigenvalue weighted by atomic mass is 32.2. The molecule has 0 fully saturated rings. The van der Waals surface area contributed by atoms with Crippen LogP contribution in [0, 0.1) is 17.0 Å². The molecular weight excluding hydrogens is 248 g/mol. The predicted octanol–water partition coefficient (Wildman–Crippen LogP) is 3.13. The van der Waals surface area contributed by atoms with Crippen molar-refractivity contribution in [3.63, 3.8) is 0 Å². The van der Waals surface area contributed by atoms with Crippen molar-refractivity contribution >= 4 is 17.4 Å². The number of rotatable bonds is 7. The Labute approximate surface area is 112 Å². The molecule has 0 aliphatic carbocycles. The van der Waals surface area contributed by atoms with E-state index in [1.54, 1.807) is 13.0 Å². The molecule has 0 radical (unpaired) electrons. The summed E-state index contributed by atoms with van der Waals surface area (Å²) in [6.07, 6.45) is 3.20. The SMILES string of the molecule is CSCCC(C)NCc1ccc(C)c([N+](=O)[O-])c1. The van der Waals surface area contributed by atoms with Crippen LogP contribution in [-0.2, 0) is 6.54 Å². The van der Waals surface area contributed by atoms with E-state index in [0.717, 1.165) is 17.7 Å². The van der Waals surface area contributed by atoms with Gasteiger partial charge in [-0.05, 0) is 37.8 Å². The zero-order valence-electron chi connectivity index (χ0n) is 11.1. The lowest BCUT2D eigenvalue weighted by atomic mass is 10.1. The van der Waals surface area contributed by atoms with Crippen LogP contribution < -0.4 is 5.32 Å². The minimum atomic E-state index is -0.323. The summed E-state index contributed by atoms with van der Waals surface area (Å²) in [6.45, 7) is 4.58. The van der Waals surface area contributed by atoms with Gasteiger partial charge in [0.25, 0.3) is 5.69 Å². The molecule has 18 heavy (non-hydrogen) atoms. The van der Waals surface area contributed by atoms with Gasteiger partial charge in [0.2, 0.25) is 0 Å². The second kappa shape index (κ2) is 7.38. The number of nitro groups is 1. The average Bonchev–Trinajstić information content (AvgIpc) is 2.35. The van der Waals surface area contributed by atoms with E-state index in [9.17, 15) is 10.1 Å². The normalized spacial score (nSPS) is 12.4.